The van der Waals surface area contributed by atoms with Gasteiger partial charge in [-0.05, 0) is 271 Å². The maximum Gasteiger partial charge on any atom is 0.118 e. The highest BCUT2D eigenvalue weighted by Gasteiger charge is 2.19. The van der Waals surface area contributed by atoms with E-state index in [-0.39, 0.29) is 0 Å². The predicted octanol–water partition coefficient (Wildman–Crippen LogP) is 26.5. The highest BCUT2D eigenvalue weighted by Crippen LogP contribution is 2.41. The molecule has 0 fully saturated rings. The molecule has 15 aromatic rings. The third kappa shape index (κ3) is 16.7. The predicted molar refractivity (Wildman–Crippen MR) is 456 cm³/mol. The van der Waals surface area contributed by atoms with Gasteiger partial charge in [0.25, 0.3) is 0 Å². The van der Waals surface area contributed by atoms with Crippen LogP contribution in [0.4, 0.5) is 51.2 Å². The van der Waals surface area contributed by atoms with Crippen LogP contribution in [0.25, 0.3) is 46.6 Å². The Balaban J connectivity index is 0.727. The molecule has 0 saturated carbocycles. The normalized spacial score (nSPS) is 11.7. The second-order valence-electron chi connectivity index (χ2n) is 26.4. The number of hydrogen-bond acceptors (Lipinski definition) is 7. The van der Waals surface area contributed by atoms with Crippen LogP contribution >= 0.6 is 0 Å². The van der Waals surface area contributed by atoms with E-state index in [1.54, 1.807) is 28.4 Å². The highest BCUT2D eigenvalue weighted by atomic mass is 16.5. The van der Waals surface area contributed by atoms with Crippen LogP contribution in [0.1, 0.15) is 66.8 Å². The van der Waals surface area contributed by atoms with Gasteiger partial charge < -0.3 is 33.6 Å². The Bertz CT molecular complexity index is 5170. The number of rotatable bonds is 25. The molecule has 0 heterocycles. The monoisotopic (exact) mass is 1410 g/mol. The lowest BCUT2D eigenvalue weighted by molar-refractivity contribution is 0.414. The fourth-order valence-corrected chi connectivity index (χ4v) is 13.8. The molecular weight excluding hydrogens is 1330 g/mol. The van der Waals surface area contributed by atoms with Crippen LogP contribution in [-0.2, 0) is 0 Å². The van der Waals surface area contributed by atoms with Gasteiger partial charge in [0.05, 0.1) is 28.4 Å². The molecule has 0 radical (unpaired) electrons. The summed E-state index contributed by atoms with van der Waals surface area (Å²) in [6, 6.07) is 139. The van der Waals surface area contributed by atoms with Crippen LogP contribution in [0.2, 0.25) is 0 Å². The zero-order valence-electron chi connectivity index (χ0n) is 61.3. The van der Waals surface area contributed by atoms with Crippen LogP contribution in [-0.4, -0.2) is 28.4 Å². The van der Waals surface area contributed by atoms with Gasteiger partial charge in [-0.2, -0.15) is 0 Å². The summed E-state index contributed by atoms with van der Waals surface area (Å²) in [6.45, 7) is 0. The minimum absolute atomic E-state index is 0.796. The van der Waals surface area contributed by atoms with E-state index in [0.29, 0.717) is 0 Å². The van der Waals surface area contributed by atoms with Crippen molar-refractivity contribution in [3.05, 3.63) is 461 Å². The largest absolute Gasteiger partial charge is 0.497 e. The van der Waals surface area contributed by atoms with Gasteiger partial charge in [-0.3, -0.25) is 0 Å². The number of hydrogen-bond donors (Lipinski definition) is 0. The maximum absolute atomic E-state index is 5.67. The lowest BCUT2D eigenvalue weighted by atomic mass is 9.91. The summed E-state index contributed by atoms with van der Waals surface area (Å²) >= 11 is 0. The summed E-state index contributed by atoms with van der Waals surface area (Å²) in [5, 5.41) is 0. The van der Waals surface area contributed by atoms with Crippen LogP contribution in [0.3, 0.4) is 0 Å². The summed E-state index contributed by atoms with van der Waals surface area (Å²) in [4.78, 5) is 6.88. The average Bonchev–Trinajstić information content (AvgIpc) is 0.800. The van der Waals surface area contributed by atoms with Crippen LogP contribution in [0.15, 0.2) is 394 Å². The Labute approximate surface area is 640 Å². The first-order valence-electron chi connectivity index (χ1n) is 36.5. The second-order valence-corrected chi connectivity index (χ2v) is 26.4. The minimum atomic E-state index is 0.796. The lowest BCUT2D eigenvalue weighted by Gasteiger charge is -2.25. The summed E-state index contributed by atoms with van der Waals surface area (Å²) in [7, 11) is 6.82. The number of methoxy groups -OCH3 is 4. The summed E-state index contributed by atoms with van der Waals surface area (Å²) in [6.07, 6.45) is 9.11. The van der Waals surface area contributed by atoms with Crippen molar-refractivity contribution in [3.8, 4) is 23.0 Å². The molecule has 15 rings (SSSR count). The molecule has 0 aromatic heterocycles. The molecule has 0 N–H and O–H groups in total. The Morgan fingerprint density at radius 3 is 0.450 bits per heavy atom. The molecule has 0 unspecified atom stereocenters. The van der Waals surface area contributed by atoms with E-state index in [2.05, 4.69) is 385 Å². The SMILES string of the molecule is COc1ccc(/C(=C\c2ccc(N(c3ccccc3)c3ccc(/C=C(/c4ccc(OC)cc4)c4ccc(/C(=C/c5ccc(N(c6ccccc6)c6ccccc6)cc5)c5ccc(OC)cc5)cc4)cc3)cc2)c2ccc(/C(=C\c3ccc(N(c4ccccc4)c4ccccc4)cc3)c3ccc(OC)cc3)cc2)cc1. The zero-order valence-corrected chi connectivity index (χ0v) is 61.3. The molecule has 0 aliphatic carbocycles. The highest BCUT2D eigenvalue weighted by molar-refractivity contribution is 5.97. The summed E-state index contributed by atoms with van der Waals surface area (Å²) < 4.78 is 22.6. The summed E-state index contributed by atoms with van der Waals surface area (Å²) in [5.74, 6) is 3.20. The Morgan fingerprint density at radius 1 is 0.165 bits per heavy atom. The third-order valence-corrected chi connectivity index (χ3v) is 19.5. The van der Waals surface area contributed by atoms with Crippen LogP contribution in [0, 0.1) is 0 Å². The number of nitrogens with zero attached hydrogens (tertiary/aromatic N) is 3. The van der Waals surface area contributed by atoms with Crippen molar-refractivity contribution in [2.75, 3.05) is 43.1 Å². The Kier molecular flexibility index (Phi) is 21.8. The Morgan fingerprint density at radius 2 is 0.303 bits per heavy atom. The fourth-order valence-electron chi connectivity index (χ4n) is 13.8. The molecule has 0 atom stereocenters. The van der Waals surface area contributed by atoms with Crippen molar-refractivity contribution in [1.29, 1.82) is 0 Å². The van der Waals surface area contributed by atoms with Gasteiger partial charge in [0.15, 0.2) is 0 Å². The van der Waals surface area contributed by atoms with E-state index in [1.165, 1.54) is 0 Å². The van der Waals surface area contributed by atoms with Crippen molar-refractivity contribution in [1.82, 2.24) is 0 Å². The van der Waals surface area contributed by atoms with E-state index in [0.717, 1.165) is 163 Å². The quantitative estimate of drug-likeness (QED) is 0.0529. The van der Waals surface area contributed by atoms with E-state index < -0.39 is 0 Å². The first-order valence-corrected chi connectivity index (χ1v) is 36.5. The first-order chi connectivity index (χ1) is 53.8. The van der Waals surface area contributed by atoms with Gasteiger partial charge in [0, 0.05) is 51.2 Å². The maximum atomic E-state index is 5.67. The van der Waals surface area contributed by atoms with Crippen molar-refractivity contribution in [2.45, 2.75) is 0 Å². The molecule has 0 aliphatic rings. The minimum Gasteiger partial charge on any atom is -0.497 e. The molecule has 7 nitrogen and oxygen atoms in total. The number of para-hydroxylation sites is 5. The number of anilines is 9. The zero-order chi connectivity index (χ0) is 74.1. The molecule has 7 heteroatoms. The van der Waals surface area contributed by atoms with Crippen LogP contribution < -0.4 is 33.6 Å². The molecule has 0 saturated heterocycles. The standard InChI is InChI=1S/C102H81N3O4/c1-106-95-62-46-82(47-63-95)99(70-74-30-54-91(55-31-74)103(86-20-10-5-11-21-86)87-22-12-6-13-23-87)78-38-42-80(43-39-78)101(84-50-66-97(108-3)67-51-84)72-76-34-58-93(59-35-76)105(90-28-18-9-19-29-90)94-60-36-77(37-61-94)73-102(85-52-68-98(109-4)69-53-85)81-44-40-79(41-45-81)100(83-48-64-96(107-2)65-49-83)71-75-32-56-92(57-33-75)104(88-24-14-7-15-25-88)89-26-16-8-17-27-89/h5-73H,1-4H3/b99-70-,100-71+,101-72+,102-73-. The molecule has 15 aromatic carbocycles. The fraction of sp³-hybridized carbons (Fsp3) is 0.0392. The second kappa shape index (κ2) is 33.7. The Hall–Kier alpha value is -14.1. The van der Waals surface area contributed by atoms with Gasteiger partial charge in [-0.1, -0.05) is 237 Å². The molecule has 109 heavy (non-hydrogen) atoms. The van der Waals surface area contributed by atoms with Crippen molar-refractivity contribution in [2.24, 2.45) is 0 Å². The molecule has 0 amide bonds. The van der Waals surface area contributed by atoms with E-state index in [4.69, 9.17) is 18.9 Å². The van der Waals surface area contributed by atoms with Crippen molar-refractivity contribution >= 4 is 97.8 Å². The van der Waals surface area contributed by atoms with Crippen LogP contribution in [0.5, 0.6) is 23.0 Å². The lowest BCUT2D eigenvalue weighted by Crippen LogP contribution is -2.09. The van der Waals surface area contributed by atoms with Gasteiger partial charge in [0.2, 0.25) is 0 Å². The topological polar surface area (TPSA) is 46.6 Å². The van der Waals surface area contributed by atoms with Gasteiger partial charge >= 0.3 is 0 Å². The van der Waals surface area contributed by atoms with Gasteiger partial charge in [-0.25, -0.2) is 0 Å². The van der Waals surface area contributed by atoms with Gasteiger partial charge in [-0.15, -0.1) is 0 Å². The molecule has 0 bridgehead atoms. The molecule has 0 aliphatic heterocycles. The summed E-state index contributed by atoms with van der Waals surface area (Å²) in [5.41, 5.74) is 26.8. The van der Waals surface area contributed by atoms with E-state index in [9.17, 15) is 0 Å². The molecule has 528 valence electrons. The smallest absolute Gasteiger partial charge is 0.118 e. The van der Waals surface area contributed by atoms with Gasteiger partial charge in [0.1, 0.15) is 23.0 Å². The van der Waals surface area contributed by atoms with E-state index >= 15 is 0 Å². The third-order valence-electron chi connectivity index (χ3n) is 19.5. The molecular formula is C102H81N3O4. The average molecular weight is 1410 g/mol. The van der Waals surface area contributed by atoms with Crippen molar-refractivity contribution < 1.29 is 18.9 Å². The molecule has 0 spiro atoms. The first kappa shape index (κ1) is 70.5. The van der Waals surface area contributed by atoms with E-state index in [1.807, 2.05) is 48.5 Å². The number of benzene rings is 15. The van der Waals surface area contributed by atoms with Crippen molar-refractivity contribution in [3.63, 3.8) is 0 Å². The number of ether oxygens (including phenoxy) is 4.